The number of rotatable bonds is 3. The Morgan fingerprint density at radius 3 is 2.73 bits per heavy atom. The summed E-state index contributed by atoms with van der Waals surface area (Å²) in [6.07, 6.45) is 0.651. The van der Waals surface area contributed by atoms with Gasteiger partial charge in [-0.1, -0.05) is 6.07 Å². The van der Waals surface area contributed by atoms with Crippen molar-refractivity contribution in [2.75, 3.05) is 31.1 Å². The molecule has 9 heteroatoms. The number of carbonyl (C=O) groups excluding carboxylic acids is 2. The number of carbonyl (C=O) groups is 2. The van der Waals surface area contributed by atoms with E-state index in [9.17, 15) is 18.0 Å². The molecule has 8 nitrogen and oxygen atoms in total. The molecule has 3 N–H and O–H groups in total. The van der Waals surface area contributed by atoms with E-state index in [1.807, 2.05) is 0 Å². The average molecular weight is 324 g/mol. The van der Waals surface area contributed by atoms with Gasteiger partial charge in [-0.15, -0.1) is 0 Å². The van der Waals surface area contributed by atoms with Crippen LogP contribution in [0.5, 0.6) is 0 Å². The minimum atomic E-state index is -3.82. The average Bonchev–Trinajstić information content (AvgIpc) is 3.04. The van der Waals surface area contributed by atoms with Crippen LogP contribution < -0.4 is 15.4 Å². The lowest BCUT2D eigenvalue weighted by Crippen LogP contribution is -2.41. The van der Waals surface area contributed by atoms with Crippen LogP contribution in [0.15, 0.2) is 23.1 Å². The summed E-state index contributed by atoms with van der Waals surface area (Å²) >= 11 is 0. The normalized spacial score (nSPS) is 17.6. The van der Waals surface area contributed by atoms with E-state index in [1.54, 1.807) is 6.07 Å². The van der Waals surface area contributed by atoms with Crippen LogP contribution in [0, 0.1) is 0 Å². The van der Waals surface area contributed by atoms with Crippen molar-refractivity contribution in [3.63, 3.8) is 0 Å². The van der Waals surface area contributed by atoms with Gasteiger partial charge < -0.3 is 15.1 Å². The van der Waals surface area contributed by atoms with E-state index in [1.165, 1.54) is 21.9 Å². The number of anilines is 1. The van der Waals surface area contributed by atoms with Gasteiger partial charge in [0.25, 0.3) is 0 Å². The van der Waals surface area contributed by atoms with Crippen molar-refractivity contribution in [1.82, 2.24) is 10.2 Å². The summed E-state index contributed by atoms with van der Waals surface area (Å²) in [7, 11) is -3.82. The zero-order valence-electron chi connectivity index (χ0n) is 11.8. The Kier molecular flexibility index (Phi) is 3.53. The Morgan fingerprint density at radius 2 is 2.09 bits per heavy atom. The smallest absolute Gasteiger partial charge is 0.317 e. The van der Waals surface area contributed by atoms with E-state index in [0.29, 0.717) is 31.7 Å². The van der Waals surface area contributed by atoms with E-state index in [4.69, 9.17) is 5.14 Å². The van der Waals surface area contributed by atoms with Crippen molar-refractivity contribution in [2.24, 2.45) is 5.14 Å². The molecule has 0 aromatic heterocycles. The molecule has 2 heterocycles. The lowest BCUT2D eigenvalue weighted by Gasteiger charge is -2.21. The number of urea groups is 1. The predicted octanol–water partition coefficient (Wildman–Crippen LogP) is -0.752. The number of hydrogen-bond acceptors (Lipinski definition) is 4. The highest BCUT2D eigenvalue weighted by molar-refractivity contribution is 7.89. The molecule has 0 saturated carbocycles. The number of fused-ring (bicyclic) bond motifs is 1. The maximum atomic E-state index is 12.4. The number of benzene rings is 1. The van der Waals surface area contributed by atoms with Crippen molar-refractivity contribution < 1.29 is 18.0 Å². The summed E-state index contributed by atoms with van der Waals surface area (Å²) in [5.41, 5.74) is 1.45. The fraction of sp³-hybridized carbons (Fsp3) is 0.385. The molecule has 0 spiro atoms. The largest absolute Gasteiger partial charge is 0.336 e. The molecule has 0 unspecified atom stereocenters. The number of hydrogen-bond donors (Lipinski definition) is 2. The van der Waals surface area contributed by atoms with Crippen LogP contribution in [0.25, 0.3) is 0 Å². The van der Waals surface area contributed by atoms with Gasteiger partial charge in [0.1, 0.15) is 6.54 Å². The van der Waals surface area contributed by atoms with Gasteiger partial charge in [-0.2, -0.15) is 0 Å². The summed E-state index contributed by atoms with van der Waals surface area (Å²) in [5.74, 6) is -0.234. The summed E-state index contributed by atoms with van der Waals surface area (Å²) in [6.45, 7) is 1.46. The van der Waals surface area contributed by atoms with Crippen molar-refractivity contribution in [2.45, 2.75) is 11.3 Å². The van der Waals surface area contributed by atoms with E-state index in [2.05, 4.69) is 5.32 Å². The topological polar surface area (TPSA) is 113 Å². The van der Waals surface area contributed by atoms with Crippen molar-refractivity contribution >= 4 is 27.6 Å². The Hall–Kier alpha value is -2.13. The predicted molar refractivity (Wildman–Crippen MR) is 78.8 cm³/mol. The van der Waals surface area contributed by atoms with Crippen LogP contribution in [0.2, 0.25) is 0 Å². The second-order valence-corrected chi connectivity index (χ2v) is 6.85. The second kappa shape index (κ2) is 5.25. The van der Waals surface area contributed by atoms with Crippen LogP contribution in [-0.4, -0.2) is 51.4 Å². The third-order valence-corrected chi connectivity index (χ3v) is 4.76. The fourth-order valence-corrected chi connectivity index (χ4v) is 3.24. The number of amides is 3. The van der Waals surface area contributed by atoms with Gasteiger partial charge in [-0.25, -0.2) is 18.4 Å². The lowest BCUT2D eigenvalue weighted by molar-refractivity contribution is -0.119. The lowest BCUT2D eigenvalue weighted by atomic mass is 10.2. The highest BCUT2D eigenvalue weighted by Crippen LogP contribution is 2.30. The van der Waals surface area contributed by atoms with Gasteiger partial charge in [0.15, 0.2) is 0 Å². The molecule has 2 aliphatic heterocycles. The standard InChI is InChI=1S/C13H16N4O4S/c14-22(20,21)10-2-1-9-3-5-17(11(9)7-10)12(18)8-16-6-4-15-13(16)19/h1-2,7H,3-6,8H2,(H,15,19)(H2,14,20,21). The zero-order chi connectivity index (χ0) is 15.9. The maximum absolute atomic E-state index is 12.4. The first-order valence-corrected chi connectivity index (χ1v) is 8.40. The number of sulfonamides is 1. The van der Waals surface area contributed by atoms with Gasteiger partial charge in [0.2, 0.25) is 15.9 Å². The molecule has 22 heavy (non-hydrogen) atoms. The van der Waals surface area contributed by atoms with Gasteiger partial charge in [-0.3, -0.25) is 4.79 Å². The van der Waals surface area contributed by atoms with Gasteiger partial charge >= 0.3 is 6.03 Å². The van der Waals surface area contributed by atoms with Crippen LogP contribution in [0.4, 0.5) is 10.5 Å². The van der Waals surface area contributed by atoms with E-state index in [0.717, 1.165) is 5.56 Å². The molecule has 0 radical (unpaired) electrons. The monoisotopic (exact) mass is 324 g/mol. The SMILES string of the molecule is NS(=O)(=O)c1ccc2c(c1)N(C(=O)CN1CCNC1=O)CC2. The molecular formula is C13H16N4O4S. The van der Waals surface area contributed by atoms with Crippen molar-refractivity contribution in [3.05, 3.63) is 23.8 Å². The van der Waals surface area contributed by atoms with Crippen LogP contribution >= 0.6 is 0 Å². The number of nitrogens with one attached hydrogen (secondary N) is 1. The molecule has 118 valence electrons. The van der Waals surface area contributed by atoms with Crippen molar-refractivity contribution in [1.29, 1.82) is 0 Å². The highest BCUT2D eigenvalue weighted by Gasteiger charge is 2.29. The second-order valence-electron chi connectivity index (χ2n) is 5.28. The Morgan fingerprint density at radius 1 is 1.32 bits per heavy atom. The maximum Gasteiger partial charge on any atom is 0.317 e. The first-order chi connectivity index (χ1) is 10.4. The number of nitrogens with two attached hydrogens (primary N) is 1. The molecule has 0 atom stereocenters. The Labute approximate surface area is 127 Å². The van der Waals surface area contributed by atoms with Crippen LogP contribution in [-0.2, 0) is 21.2 Å². The highest BCUT2D eigenvalue weighted by atomic mass is 32.2. The molecule has 0 aliphatic carbocycles. The van der Waals surface area contributed by atoms with E-state index in [-0.39, 0.29) is 23.4 Å². The van der Waals surface area contributed by atoms with Gasteiger partial charge in [0.05, 0.1) is 4.90 Å². The number of nitrogens with zero attached hydrogens (tertiary/aromatic N) is 2. The van der Waals surface area contributed by atoms with Gasteiger partial charge in [0, 0.05) is 25.3 Å². The zero-order valence-corrected chi connectivity index (χ0v) is 12.6. The Bertz CT molecular complexity index is 746. The molecule has 3 rings (SSSR count). The third-order valence-electron chi connectivity index (χ3n) is 3.85. The molecule has 1 fully saturated rings. The van der Waals surface area contributed by atoms with Gasteiger partial charge in [-0.05, 0) is 24.1 Å². The molecule has 1 aromatic carbocycles. The van der Waals surface area contributed by atoms with E-state index < -0.39 is 10.0 Å². The molecular weight excluding hydrogens is 308 g/mol. The minimum Gasteiger partial charge on any atom is -0.336 e. The Balaban J connectivity index is 1.83. The quantitative estimate of drug-likeness (QED) is 0.761. The summed E-state index contributed by atoms with van der Waals surface area (Å²) in [6, 6.07) is 4.27. The first-order valence-electron chi connectivity index (χ1n) is 6.85. The summed E-state index contributed by atoms with van der Waals surface area (Å²) < 4.78 is 22.9. The third kappa shape index (κ3) is 2.64. The molecule has 2 aliphatic rings. The van der Waals surface area contributed by atoms with Crippen LogP contribution in [0.3, 0.4) is 0 Å². The van der Waals surface area contributed by atoms with E-state index >= 15 is 0 Å². The van der Waals surface area contributed by atoms with Crippen molar-refractivity contribution in [3.8, 4) is 0 Å². The summed E-state index contributed by atoms with van der Waals surface area (Å²) in [5, 5.41) is 7.76. The first kappa shape index (κ1) is 14.8. The summed E-state index contributed by atoms with van der Waals surface area (Å²) in [4.78, 5) is 26.8. The molecule has 1 aromatic rings. The molecule has 1 saturated heterocycles. The minimum absolute atomic E-state index is 0.0229. The fourth-order valence-electron chi connectivity index (χ4n) is 2.71. The number of primary sulfonamides is 1. The molecule has 0 bridgehead atoms. The molecule has 3 amide bonds. The van der Waals surface area contributed by atoms with Crippen LogP contribution in [0.1, 0.15) is 5.56 Å².